The Balaban J connectivity index is 5.74. The number of nitrogens with one attached hydrogen (secondary N) is 4. The second kappa shape index (κ2) is 18.7. The highest BCUT2D eigenvalue weighted by Crippen LogP contribution is 2.20. The number of hydrogen-bond acceptors (Lipinski definition) is 9. The van der Waals surface area contributed by atoms with Crippen molar-refractivity contribution < 1.29 is 38.6 Å². The van der Waals surface area contributed by atoms with Gasteiger partial charge in [0.1, 0.15) is 22.1 Å². The van der Waals surface area contributed by atoms with Crippen LogP contribution < -0.4 is 27.0 Å². The fourth-order valence-corrected chi connectivity index (χ4v) is 5.54. The molecule has 0 aromatic rings. The van der Waals surface area contributed by atoms with E-state index in [0.29, 0.717) is 6.42 Å². The maximum Gasteiger partial charge on any atom is 0.318 e. The van der Waals surface area contributed by atoms with Gasteiger partial charge in [-0.1, -0.05) is 13.8 Å². The third kappa shape index (κ3) is 15.8. The predicted octanol–water partition coefficient (Wildman–Crippen LogP) is 1.23. The number of hydrogen-bond donors (Lipinski definition) is 6. The summed E-state index contributed by atoms with van der Waals surface area (Å²) >= 11 is 2.22. The molecule has 0 bridgehead atoms. The van der Waals surface area contributed by atoms with E-state index in [9.17, 15) is 33.9 Å². The van der Waals surface area contributed by atoms with Gasteiger partial charge in [-0.2, -0.15) is 0 Å². The molecule has 0 spiro atoms. The lowest BCUT2D eigenvalue weighted by molar-refractivity contribution is -0.155. The number of carboxylic acids is 1. The van der Waals surface area contributed by atoms with E-state index in [4.69, 9.17) is 10.5 Å². The summed E-state index contributed by atoms with van der Waals surface area (Å²) in [5.41, 5.74) is 4.40. The van der Waals surface area contributed by atoms with E-state index in [-0.39, 0.29) is 37.6 Å². The maximum atomic E-state index is 13.4. The van der Waals surface area contributed by atoms with Crippen LogP contribution >= 0.6 is 23.5 Å². The number of thioether (sulfide) groups is 2. The molecule has 0 aromatic carbocycles. The van der Waals surface area contributed by atoms with Gasteiger partial charge in [-0.15, -0.1) is 23.5 Å². The van der Waals surface area contributed by atoms with Gasteiger partial charge in [0.2, 0.25) is 17.7 Å². The number of amides is 5. The van der Waals surface area contributed by atoms with Crippen LogP contribution in [0.3, 0.4) is 0 Å². The number of nitrogens with two attached hydrogens (primary N) is 1. The first-order valence-electron chi connectivity index (χ1n) is 13.3. The Bertz CT molecular complexity index is 913. The first-order valence-corrected chi connectivity index (χ1v) is 15.9. The van der Waals surface area contributed by atoms with Crippen LogP contribution in [0.5, 0.6) is 0 Å². The molecular weight excluding hydrogens is 574 g/mol. The molecule has 0 aliphatic heterocycles. The lowest BCUT2D eigenvalue weighted by Gasteiger charge is -2.31. The van der Waals surface area contributed by atoms with Crippen LogP contribution in [0.25, 0.3) is 0 Å². The molecule has 0 heterocycles. The van der Waals surface area contributed by atoms with Crippen LogP contribution in [0.2, 0.25) is 0 Å². The van der Waals surface area contributed by atoms with Crippen molar-refractivity contribution in [1.82, 2.24) is 21.3 Å². The number of primary amides is 1. The molecule has 7 N–H and O–H groups in total. The van der Waals surface area contributed by atoms with E-state index in [1.807, 2.05) is 0 Å². The zero-order valence-electron chi connectivity index (χ0n) is 25.2. The van der Waals surface area contributed by atoms with E-state index >= 15 is 0 Å². The van der Waals surface area contributed by atoms with Crippen LogP contribution in [-0.2, 0) is 28.7 Å². The minimum atomic E-state index is -1.11. The van der Waals surface area contributed by atoms with Gasteiger partial charge in [0.15, 0.2) is 0 Å². The minimum Gasteiger partial charge on any atom is -0.480 e. The van der Waals surface area contributed by atoms with Gasteiger partial charge >= 0.3 is 18.0 Å². The van der Waals surface area contributed by atoms with E-state index in [2.05, 4.69) is 21.3 Å². The van der Waals surface area contributed by atoms with Crippen molar-refractivity contribution in [2.75, 3.05) is 19.1 Å². The van der Waals surface area contributed by atoms with Gasteiger partial charge in [0.25, 0.3) is 0 Å². The minimum absolute atomic E-state index is 0.0296. The highest BCUT2D eigenvalue weighted by molar-refractivity contribution is 8.00. The Morgan fingerprint density at radius 2 is 1.44 bits per heavy atom. The number of ether oxygens (including phenoxy) is 1. The fourth-order valence-electron chi connectivity index (χ4n) is 3.99. The summed E-state index contributed by atoms with van der Waals surface area (Å²) in [6, 6.07) is -3.23. The highest BCUT2D eigenvalue weighted by Gasteiger charge is 2.35. The molecule has 41 heavy (non-hydrogen) atoms. The monoisotopic (exact) mass is 621 g/mol. The third-order valence-electron chi connectivity index (χ3n) is 5.77. The number of aliphatic carboxylic acids is 1. The van der Waals surface area contributed by atoms with Gasteiger partial charge < -0.3 is 36.8 Å². The molecule has 0 aromatic heterocycles. The molecule has 0 saturated carbocycles. The molecule has 5 atom stereocenters. The van der Waals surface area contributed by atoms with Crippen molar-refractivity contribution in [2.45, 2.75) is 101 Å². The topological polar surface area (TPSA) is 206 Å². The second-order valence-electron chi connectivity index (χ2n) is 10.9. The lowest BCUT2D eigenvalue weighted by Crippen LogP contribution is -2.58. The molecule has 0 rings (SSSR count). The standard InChI is InChI=1S/C26H47N5O8S2/c1-14(2)19(22(34)30-16(21(41-8)24(36)37)10-9-13-28-25(27)38)31-23(35)20(40-7)17(29-15(3)32)11-12-18(33)39-26(4,5)6/h14,16-17,19-21H,9-13H2,1-8H3,(H,29,32)(H,30,34)(H,31,35)(H,36,37)(H3,27,28,38)/t16?,17?,19-,20?,21?/m0/s1. The first kappa shape index (κ1) is 38.3. The Morgan fingerprint density at radius 1 is 0.878 bits per heavy atom. The normalized spacial score (nSPS) is 15.0. The van der Waals surface area contributed by atoms with Crippen molar-refractivity contribution in [3.8, 4) is 0 Å². The quantitative estimate of drug-likeness (QED) is 0.0953. The molecule has 236 valence electrons. The highest BCUT2D eigenvalue weighted by atomic mass is 32.2. The van der Waals surface area contributed by atoms with Crippen molar-refractivity contribution in [2.24, 2.45) is 11.7 Å². The number of carbonyl (C=O) groups is 6. The van der Waals surface area contributed by atoms with Gasteiger partial charge in [-0.25, -0.2) is 4.79 Å². The van der Waals surface area contributed by atoms with Crippen molar-refractivity contribution >= 4 is 59.2 Å². The molecule has 4 unspecified atom stereocenters. The van der Waals surface area contributed by atoms with E-state index in [0.717, 1.165) is 23.5 Å². The summed E-state index contributed by atoms with van der Waals surface area (Å²) in [5.74, 6) is -3.40. The lowest BCUT2D eigenvalue weighted by atomic mass is 10.00. The first-order chi connectivity index (χ1) is 18.9. The third-order valence-corrected chi connectivity index (χ3v) is 7.86. The zero-order valence-corrected chi connectivity index (χ0v) is 26.8. The number of urea groups is 1. The Hall–Kier alpha value is -2.68. The summed E-state index contributed by atoms with van der Waals surface area (Å²) in [7, 11) is 0. The zero-order chi connectivity index (χ0) is 31.9. The average Bonchev–Trinajstić information content (AvgIpc) is 2.82. The number of carbonyl (C=O) groups excluding carboxylic acids is 5. The van der Waals surface area contributed by atoms with Crippen LogP contribution in [0.15, 0.2) is 0 Å². The van der Waals surface area contributed by atoms with Crippen molar-refractivity contribution in [1.29, 1.82) is 0 Å². The van der Waals surface area contributed by atoms with E-state index in [1.165, 1.54) is 6.92 Å². The molecule has 15 heteroatoms. The van der Waals surface area contributed by atoms with Gasteiger partial charge in [0.05, 0.1) is 12.1 Å². The second-order valence-corrected chi connectivity index (χ2v) is 12.8. The molecule has 0 saturated heterocycles. The smallest absolute Gasteiger partial charge is 0.318 e. The number of rotatable bonds is 18. The van der Waals surface area contributed by atoms with E-state index < -0.39 is 64.0 Å². The molecule has 0 aliphatic rings. The molecule has 0 aliphatic carbocycles. The Kier molecular flexibility index (Phi) is 17.5. The van der Waals surface area contributed by atoms with Crippen molar-refractivity contribution in [3.63, 3.8) is 0 Å². The molecule has 0 radical (unpaired) electrons. The number of esters is 1. The average molecular weight is 622 g/mol. The number of carboxylic acid groups (broad SMARTS) is 1. The summed E-state index contributed by atoms with van der Waals surface area (Å²) in [6.45, 7) is 10.2. The van der Waals surface area contributed by atoms with Crippen LogP contribution in [-0.4, -0.2) is 94.1 Å². The van der Waals surface area contributed by atoms with Crippen molar-refractivity contribution in [3.05, 3.63) is 0 Å². The molecule has 13 nitrogen and oxygen atoms in total. The summed E-state index contributed by atoms with van der Waals surface area (Å²) in [5, 5.41) is 18.6. The van der Waals surface area contributed by atoms with Crippen LogP contribution in [0.1, 0.15) is 67.2 Å². The van der Waals surface area contributed by atoms with Crippen LogP contribution in [0.4, 0.5) is 4.79 Å². The summed E-state index contributed by atoms with van der Waals surface area (Å²) in [4.78, 5) is 73.8. The summed E-state index contributed by atoms with van der Waals surface area (Å²) in [6.07, 6.45) is 4.01. The van der Waals surface area contributed by atoms with Crippen LogP contribution in [0, 0.1) is 5.92 Å². The summed E-state index contributed by atoms with van der Waals surface area (Å²) < 4.78 is 5.34. The van der Waals surface area contributed by atoms with Gasteiger partial charge in [0, 0.05) is 19.9 Å². The maximum absolute atomic E-state index is 13.4. The van der Waals surface area contributed by atoms with Gasteiger partial charge in [-0.05, 0) is 58.5 Å². The molecular formula is C26H47N5O8S2. The fraction of sp³-hybridized carbons (Fsp3) is 0.769. The van der Waals surface area contributed by atoms with Gasteiger partial charge in [-0.3, -0.25) is 24.0 Å². The Labute approximate surface area is 251 Å². The Morgan fingerprint density at radius 3 is 1.88 bits per heavy atom. The SMILES string of the molecule is CSC(C(=O)O)C(CCCNC(N)=O)NC(=O)[C@@H](NC(=O)C(SC)C(CCC(=O)OC(C)(C)C)NC(C)=O)C(C)C. The van der Waals surface area contributed by atoms with E-state index in [1.54, 1.807) is 47.1 Å². The largest absolute Gasteiger partial charge is 0.480 e. The molecule has 5 amide bonds. The molecule has 0 fully saturated rings. The predicted molar refractivity (Wildman–Crippen MR) is 160 cm³/mol.